The van der Waals surface area contributed by atoms with Crippen molar-refractivity contribution in [1.29, 1.82) is 0 Å². The van der Waals surface area contributed by atoms with Crippen LogP contribution in [0.25, 0.3) is 10.8 Å². The number of phenolic OH excluding ortho intramolecular Hbond substituents is 1. The van der Waals surface area contributed by atoms with Crippen LogP contribution in [0.3, 0.4) is 0 Å². The summed E-state index contributed by atoms with van der Waals surface area (Å²) in [5.74, 6) is 0.530. The van der Waals surface area contributed by atoms with Crippen molar-refractivity contribution in [3.8, 4) is 11.8 Å². The van der Waals surface area contributed by atoms with E-state index < -0.39 is 0 Å². The fraction of sp³-hybridized carbons (Fsp3) is 0.583. The summed E-state index contributed by atoms with van der Waals surface area (Å²) in [5.41, 5.74) is 4.65. The van der Waals surface area contributed by atoms with Gasteiger partial charge < -0.3 is 19.8 Å². The normalized spacial score (nSPS) is 15.5. The summed E-state index contributed by atoms with van der Waals surface area (Å²) in [6.45, 7) is 12.4. The molecule has 43 heavy (non-hydrogen) atoms. The summed E-state index contributed by atoms with van der Waals surface area (Å²) < 4.78 is 6.17. The number of aliphatic hydroxyl groups excluding tert-OH is 1. The lowest BCUT2D eigenvalue weighted by atomic mass is 9.95. The Morgan fingerprint density at radius 3 is 2.51 bits per heavy atom. The first-order valence-electron chi connectivity index (χ1n) is 16.4. The zero-order valence-corrected chi connectivity index (χ0v) is 26.9. The number of aliphatic hydroxyl groups is 1. The van der Waals surface area contributed by atoms with Crippen LogP contribution >= 0.6 is 0 Å². The van der Waals surface area contributed by atoms with Gasteiger partial charge in [0.1, 0.15) is 5.75 Å². The highest BCUT2D eigenvalue weighted by molar-refractivity contribution is 6.09. The predicted octanol–water partition coefficient (Wildman–Crippen LogP) is 7.91. The molecule has 0 radical (unpaired) electrons. The minimum atomic E-state index is -0.112. The van der Waals surface area contributed by atoms with Gasteiger partial charge in [-0.05, 0) is 79.8 Å². The predicted molar refractivity (Wildman–Crippen MR) is 172 cm³/mol. The molecule has 0 saturated heterocycles. The van der Waals surface area contributed by atoms with E-state index in [9.17, 15) is 15.0 Å². The van der Waals surface area contributed by atoms with Crippen molar-refractivity contribution in [2.75, 3.05) is 13.2 Å². The van der Waals surface area contributed by atoms with Gasteiger partial charge in [0.05, 0.1) is 36.6 Å². The van der Waals surface area contributed by atoms with Gasteiger partial charge in [-0.1, -0.05) is 71.6 Å². The minimum absolute atomic E-state index is 0.0887. The standard InChI is InChI=1S/C33H43N3O4.C3H8/c1-4-23(13-16-37)10-6-7-12-28-27-19-36(20-29(27)35-32(34-28)40-21-33(5-2)14-15-33)31(39)26-18-25(38)17-24-11-8-9-22(3)30(24)26;1-3-2/h8-9,11,17-18,23,37-38H,4-7,10,12-16,19-21H2,1-3H3;3H2,1-2H3. The maximum Gasteiger partial charge on any atom is 0.316 e. The molecule has 1 aliphatic carbocycles. The number of aromatic hydroxyl groups is 1. The van der Waals surface area contributed by atoms with Crippen LogP contribution in [-0.2, 0) is 19.5 Å². The molecule has 1 aromatic heterocycles. The Morgan fingerprint density at radius 1 is 1.07 bits per heavy atom. The topological polar surface area (TPSA) is 95.8 Å². The number of rotatable bonds is 13. The summed E-state index contributed by atoms with van der Waals surface area (Å²) in [7, 11) is 0. The SMILES string of the molecule is CCC.CCC(CCO)CCCCc1nc(OCC2(CC)CC2)nc2c1CN(C(=O)c1cc(O)cc3cccc(C)c13)C2. The first-order valence-corrected chi connectivity index (χ1v) is 16.4. The van der Waals surface area contributed by atoms with E-state index in [4.69, 9.17) is 14.7 Å². The molecule has 7 heteroatoms. The Hall–Kier alpha value is -3.19. The van der Waals surface area contributed by atoms with Crippen LogP contribution < -0.4 is 4.74 Å². The molecule has 0 bridgehead atoms. The summed E-state index contributed by atoms with van der Waals surface area (Å²) in [6, 6.07) is 9.58. The third-order valence-electron chi connectivity index (χ3n) is 9.14. The number of phenols is 1. The van der Waals surface area contributed by atoms with E-state index in [2.05, 4.69) is 27.7 Å². The molecule has 2 aliphatic rings. The average molecular weight is 590 g/mol. The lowest BCUT2D eigenvalue weighted by Crippen LogP contribution is -2.25. The third-order valence-corrected chi connectivity index (χ3v) is 9.14. The van der Waals surface area contributed by atoms with Crippen molar-refractivity contribution >= 4 is 16.7 Å². The number of ether oxygens (including phenoxy) is 1. The van der Waals surface area contributed by atoms with E-state index in [1.165, 1.54) is 19.3 Å². The van der Waals surface area contributed by atoms with Crippen molar-refractivity contribution in [2.24, 2.45) is 11.3 Å². The second kappa shape index (κ2) is 15.0. The zero-order valence-electron chi connectivity index (χ0n) is 26.9. The second-order valence-corrected chi connectivity index (χ2v) is 12.6. The van der Waals surface area contributed by atoms with Crippen LogP contribution in [0.4, 0.5) is 0 Å². The molecule has 2 N–H and O–H groups in total. The van der Waals surface area contributed by atoms with E-state index in [1.54, 1.807) is 12.1 Å². The Kier molecular flexibility index (Phi) is 11.4. The molecule has 5 rings (SSSR count). The molecule has 0 spiro atoms. The summed E-state index contributed by atoms with van der Waals surface area (Å²) >= 11 is 0. The second-order valence-electron chi connectivity index (χ2n) is 12.6. The molecule has 3 aromatic rings. The number of unbranched alkanes of at least 4 members (excludes halogenated alkanes) is 1. The quantitative estimate of drug-likeness (QED) is 0.197. The molecule has 1 atom stereocenters. The molecule has 234 valence electrons. The lowest BCUT2D eigenvalue weighted by Gasteiger charge is -2.18. The first kappa shape index (κ1) is 32.7. The maximum atomic E-state index is 13.9. The average Bonchev–Trinajstić information content (AvgIpc) is 3.66. The maximum absolute atomic E-state index is 13.9. The molecule has 2 aromatic carbocycles. The lowest BCUT2D eigenvalue weighted by molar-refractivity contribution is 0.0751. The van der Waals surface area contributed by atoms with Gasteiger partial charge in [0.2, 0.25) is 0 Å². The summed E-state index contributed by atoms with van der Waals surface area (Å²) in [6.07, 6.45) is 10.6. The summed E-state index contributed by atoms with van der Waals surface area (Å²) in [5, 5.41) is 21.4. The number of fused-ring (bicyclic) bond motifs is 2. The van der Waals surface area contributed by atoms with Gasteiger partial charge in [-0.2, -0.15) is 9.97 Å². The van der Waals surface area contributed by atoms with Gasteiger partial charge in [0, 0.05) is 17.6 Å². The molecule has 1 fully saturated rings. The largest absolute Gasteiger partial charge is 0.508 e. The molecule has 7 nitrogen and oxygen atoms in total. The molecule has 1 aliphatic heterocycles. The zero-order chi connectivity index (χ0) is 31.0. The van der Waals surface area contributed by atoms with Crippen molar-refractivity contribution in [1.82, 2.24) is 14.9 Å². The number of carbonyl (C=O) groups is 1. The molecular formula is C36H51N3O4. The number of aromatic nitrogens is 2. The molecule has 2 heterocycles. The van der Waals surface area contributed by atoms with Crippen molar-refractivity contribution in [3.63, 3.8) is 0 Å². The van der Waals surface area contributed by atoms with Crippen LogP contribution in [0.1, 0.15) is 118 Å². The summed E-state index contributed by atoms with van der Waals surface area (Å²) in [4.78, 5) is 25.4. The molecule has 1 saturated carbocycles. The number of amides is 1. The molecule has 1 amide bonds. The molecule has 1 unspecified atom stereocenters. The number of hydrogen-bond acceptors (Lipinski definition) is 6. The van der Waals surface area contributed by atoms with Gasteiger partial charge in [-0.15, -0.1) is 0 Å². The Morgan fingerprint density at radius 2 is 1.84 bits per heavy atom. The number of aryl methyl sites for hydroxylation is 2. The number of benzene rings is 2. The van der Waals surface area contributed by atoms with Crippen LogP contribution in [0.2, 0.25) is 0 Å². The highest BCUT2D eigenvalue weighted by atomic mass is 16.5. The smallest absolute Gasteiger partial charge is 0.316 e. The number of carbonyl (C=O) groups excluding carboxylic acids is 1. The van der Waals surface area contributed by atoms with E-state index in [0.29, 0.717) is 37.2 Å². The van der Waals surface area contributed by atoms with Gasteiger partial charge in [0.15, 0.2) is 0 Å². The van der Waals surface area contributed by atoms with Gasteiger partial charge in [-0.3, -0.25) is 4.79 Å². The van der Waals surface area contributed by atoms with Gasteiger partial charge >= 0.3 is 6.01 Å². The monoisotopic (exact) mass is 589 g/mol. The Balaban J connectivity index is 0.00000135. The van der Waals surface area contributed by atoms with Crippen molar-refractivity contribution in [3.05, 3.63) is 58.4 Å². The van der Waals surface area contributed by atoms with Crippen molar-refractivity contribution < 1.29 is 19.7 Å². The van der Waals surface area contributed by atoms with E-state index in [-0.39, 0.29) is 23.7 Å². The van der Waals surface area contributed by atoms with Gasteiger partial charge in [-0.25, -0.2) is 0 Å². The number of hydrogen-bond donors (Lipinski definition) is 2. The van der Waals surface area contributed by atoms with E-state index in [1.807, 2.05) is 30.0 Å². The first-order chi connectivity index (χ1) is 20.8. The van der Waals surface area contributed by atoms with Crippen LogP contribution in [0.15, 0.2) is 30.3 Å². The Labute approximate surface area is 257 Å². The van der Waals surface area contributed by atoms with E-state index >= 15 is 0 Å². The fourth-order valence-corrected chi connectivity index (χ4v) is 6.11. The highest BCUT2D eigenvalue weighted by Gasteiger charge is 2.42. The Bertz CT molecular complexity index is 1380. The van der Waals surface area contributed by atoms with E-state index in [0.717, 1.165) is 78.2 Å². The molecular weight excluding hydrogens is 538 g/mol. The van der Waals surface area contributed by atoms with Crippen LogP contribution in [0, 0.1) is 18.3 Å². The van der Waals surface area contributed by atoms with Gasteiger partial charge in [0.25, 0.3) is 5.91 Å². The fourth-order valence-electron chi connectivity index (χ4n) is 6.11. The number of nitrogens with zero attached hydrogens (tertiary/aromatic N) is 3. The highest BCUT2D eigenvalue weighted by Crippen LogP contribution is 2.48. The van der Waals surface area contributed by atoms with Crippen molar-refractivity contribution in [2.45, 2.75) is 112 Å². The third kappa shape index (κ3) is 8.05. The van der Waals surface area contributed by atoms with Crippen LogP contribution in [0.5, 0.6) is 11.8 Å². The van der Waals surface area contributed by atoms with Crippen LogP contribution in [-0.4, -0.2) is 44.2 Å². The minimum Gasteiger partial charge on any atom is -0.508 e.